The monoisotopic (exact) mass is 648 g/mol. The molecule has 9 nitrogen and oxygen atoms in total. The molecule has 0 saturated heterocycles. The minimum absolute atomic E-state index is 0.0683. The van der Waals surface area contributed by atoms with Crippen molar-refractivity contribution in [1.29, 1.82) is 0 Å². The molecule has 1 aromatic carbocycles. The average molecular weight is 649 g/mol. The molecule has 1 saturated carbocycles. The Bertz CT molecular complexity index is 1370. The van der Waals surface area contributed by atoms with Crippen LogP contribution in [-0.4, -0.2) is 73.3 Å². The molecule has 11 heteroatoms. The molecule has 1 spiro atoms. The van der Waals surface area contributed by atoms with Gasteiger partial charge in [0.25, 0.3) is 0 Å². The number of carbonyl (C=O) groups excluding carboxylic acids is 2. The van der Waals surface area contributed by atoms with Crippen molar-refractivity contribution >= 4 is 33.4 Å². The van der Waals surface area contributed by atoms with Gasteiger partial charge in [0.05, 0.1) is 29.2 Å². The zero-order valence-corrected chi connectivity index (χ0v) is 28.6. The fraction of sp³-hybridized carbons (Fsp3) is 0.576. The number of halogens is 1. The number of allylic oxidation sites excluding steroid dienone is 4. The summed E-state index contributed by atoms with van der Waals surface area (Å²) in [7, 11) is -2.18. The molecule has 0 radical (unpaired) electrons. The molecular weight excluding hydrogens is 600 g/mol. The number of nitrogens with zero attached hydrogens (tertiary/aromatic N) is 2. The van der Waals surface area contributed by atoms with E-state index in [2.05, 4.69) is 5.32 Å². The number of hydrogen-bond acceptors (Lipinski definition) is 6. The van der Waals surface area contributed by atoms with Gasteiger partial charge < -0.3 is 20.7 Å². The summed E-state index contributed by atoms with van der Waals surface area (Å²) in [6, 6.07) is 8.55. The molecule has 2 aliphatic rings. The van der Waals surface area contributed by atoms with Crippen LogP contribution in [0.2, 0.25) is 0 Å². The van der Waals surface area contributed by atoms with Gasteiger partial charge in [-0.05, 0) is 69.7 Å². The second-order valence-electron chi connectivity index (χ2n) is 12.3. The third kappa shape index (κ3) is 8.20. The second kappa shape index (κ2) is 15.2. The van der Waals surface area contributed by atoms with Crippen LogP contribution in [0.25, 0.3) is 0 Å². The van der Waals surface area contributed by atoms with Crippen LogP contribution in [0.15, 0.2) is 63.6 Å². The number of hydrogen-bond donors (Lipinski definition) is 2. The molecule has 2 amide bonds. The highest BCUT2D eigenvalue weighted by Gasteiger charge is 2.54. The molecule has 1 atom stereocenters. The van der Waals surface area contributed by atoms with Crippen LogP contribution in [0.4, 0.5) is 0 Å². The number of rotatable bonds is 13. The Morgan fingerprint density at radius 2 is 1.80 bits per heavy atom. The number of sulfonamides is 1. The second-order valence-corrected chi connectivity index (χ2v) is 14.8. The summed E-state index contributed by atoms with van der Waals surface area (Å²) in [5, 5.41) is 3.34. The first-order valence-electron chi connectivity index (χ1n) is 15.4. The van der Waals surface area contributed by atoms with Gasteiger partial charge in [0.1, 0.15) is 6.04 Å². The number of amides is 2. The van der Waals surface area contributed by atoms with E-state index in [1.54, 1.807) is 44.9 Å². The van der Waals surface area contributed by atoms with Crippen molar-refractivity contribution in [3.8, 4) is 0 Å². The van der Waals surface area contributed by atoms with E-state index in [1.807, 2.05) is 44.2 Å². The predicted molar refractivity (Wildman–Crippen MR) is 176 cm³/mol. The van der Waals surface area contributed by atoms with Crippen molar-refractivity contribution in [2.45, 2.75) is 96.9 Å². The minimum atomic E-state index is -3.84. The van der Waals surface area contributed by atoms with E-state index in [1.165, 1.54) is 4.31 Å². The lowest BCUT2D eigenvalue weighted by atomic mass is 9.75. The Morgan fingerprint density at radius 1 is 1.16 bits per heavy atom. The molecule has 1 fully saturated rings. The smallest absolute Gasteiger partial charge is 0.247 e. The molecule has 1 heterocycles. The number of benzene rings is 1. The first-order chi connectivity index (χ1) is 20.7. The van der Waals surface area contributed by atoms with E-state index in [9.17, 15) is 18.0 Å². The first kappa shape index (κ1) is 36.0. The molecule has 1 aliphatic carbocycles. The molecule has 0 aromatic heterocycles. The Morgan fingerprint density at radius 3 is 2.34 bits per heavy atom. The number of nitrogens with two attached hydrogens (primary N) is 1. The number of nitrogens with one attached hydrogen (secondary N) is 1. The standard InChI is InChI=1S/C33H49ClN4O5S/c1-7-26(18-17-24(3)34)29-27(33(19-13-10-14-20-33)37(6)44(29,41)42)21-38(8-2)30(39)28(36-31(40)32(4,5)35)23-43-22-25-15-11-9-12-16-25/h9,11-12,15-18,28H,7-8,10,13-14,19-23,35H2,1-6H3,(H,36,40)/b24-17+,26-18+/t28-/m1/s1. The van der Waals surface area contributed by atoms with Gasteiger partial charge >= 0.3 is 0 Å². The van der Waals surface area contributed by atoms with E-state index < -0.39 is 33.1 Å². The quantitative estimate of drug-likeness (QED) is 0.291. The van der Waals surface area contributed by atoms with Crippen molar-refractivity contribution in [3.63, 3.8) is 0 Å². The third-order valence-electron chi connectivity index (χ3n) is 8.55. The van der Waals surface area contributed by atoms with Gasteiger partial charge in [-0.15, -0.1) is 0 Å². The Labute approximate surface area is 268 Å². The highest BCUT2D eigenvalue weighted by Crippen LogP contribution is 2.50. The minimum Gasteiger partial charge on any atom is -0.374 e. The normalized spacial score (nSPS) is 19.7. The van der Waals surface area contributed by atoms with E-state index in [0.29, 0.717) is 36.4 Å². The van der Waals surface area contributed by atoms with Gasteiger partial charge in [-0.2, -0.15) is 4.31 Å². The third-order valence-corrected chi connectivity index (χ3v) is 10.8. The number of ether oxygens (including phenoxy) is 1. The lowest BCUT2D eigenvalue weighted by molar-refractivity contribution is -0.139. The van der Waals surface area contributed by atoms with Gasteiger partial charge in [-0.25, -0.2) is 8.42 Å². The Kier molecular flexibility index (Phi) is 12.4. The summed E-state index contributed by atoms with van der Waals surface area (Å²) in [5.74, 6) is -0.845. The summed E-state index contributed by atoms with van der Waals surface area (Å²) in [6.07, 6.45) is 8.11. The summed E-state index contributed by atoms with van der Waals surface area (Å²) in [5.41, 5.74) is 6.43. The van der Waals surface area contributed by atoms with Crippen molar-refractivity contribution in [2.75, 3.05) is 26.7 Å². The summed E-state index contributed by atoms with van der Waals surface area (Å²) in [4.78, 5) is 29.1. The number of likely N-dealkylation sites (N-methyl/N-ethyl adjacent to an activating group) is 2. The zero-order chi connectivity index (χ0) is 32.7. The van der Waals surface area contributed by atoms with Crippen LogP contribution in [0.1, 0.15) is 78.7 Å². The molecule has 1 aliphatic heterocycles. The Hall–Kier alpha value is -2.50. The summed E-state index contributed by atoms with van der Waals surface area (Å²) in [6.45, 7) is 9.26. The van der Waals surface area contributed by atoms with Crippen LogP contribution in [0, 0.1) is 0 Å². The van der Waals surface area contributed by atoms with Crippen LogP contribution in [0.3, 0.4) is 0 Å². The fourth-order valence-electron chi connectivity index (χ4n) is 5.97. The lowest BCUT2D eigenvalue weighted by Crippen LogP contribution is -2.58. The van der Waals surface area contributed by atoms with Crippen LogP contribution in [0.5, 0.6) is 0 Å². The van der Waals surface area contributed by atoms with Gasteiger partial charge in [0.2, 0.25) is 21.8 Å². The van der Waals surface area contributed by atoms with Gasteiger partial charge in [-0.3, -0.25) is 9.59 Å². The van der Waals surface area contributed by atoms with Gasteiger partial charge in [0.15, 0.2) is 0 Å². The molecule has 0 unspecified atom stereocenters. The van der Waals surface area contributed by atoms with E-state index in [-0.39, 0.29) is 30.6 Å². The van der Waals surface area contributed by atoms with Gasteiger partial charge in [0, 0.05) is 25.2 Å². The first-order valence-corrected chi connectivity index (χ1v) is 17.3. The summed E-state index contributed by atoms with van der Waals surface area (Å²) < 4.78 is 35.7. The highest BCUT2D eigenvalue weighted by molar-refractivity contribution is 7.93. The largest absolute Gasteiger partial charge is 0.374 e. The lowest BCUT2D eigenvalue weighted by Gasteiger charge is -2.42. The molecule has 244 valence electrons. The fourth-order valence-corrected chi connectivity index (χ4v) is 8.17. The van der Waals surface area contributed by atoms with Crippen molar-refractivity contribution in [1.82, 2.24) is 14.5 Å². The van der Waals surface area contributed by atoms with E-state index in [4.69, 9.17) is 22.1 Å². The highest BCUT2D eigenvalue weighted by atomic mass is 35.5. The molecule has 3 rings (SSSR count). The van der Waals surface area contributed by atoms with Crippen LogP contribution >= 0.6 is 11.6 Å². The molecule has 44 heavy (non-hydrogen) atoms. The zero-order valence-electron chi connectivity index (χ0n) is 27.0. The Balaban J connectivity index is 2.05. The summed E-state index contributed by atoms with van der Waals surface area (Å²) >= 11 is 6.13. The molecule has 0 bridgehead atoms. The predicted octanol–water partition coefficient (Wildman–Crippen LogP) is 4.99. The SMILES string of the molecule is CC/C(=C\C=C(/C)Cl)C1=C(CN(CC)C(=O)[C@@H](COCc2ccccc2)NC(=O)C(C)(C)N)C2(CCCCC2)N(C)S1(=O)=O. The number of carbonyl (C=O) groups is 2. The van der Waals surface area contributed by atoms with Crippen molar-refractivity contribution in [3.05, 3.63) is 69.1 Å². The van der Waals surface area contributed by atoms with Crippen molar-refractivity contribution in [2.24, 2.45) is 5.73 Å². The van der Waals surface area contributed by atoms with E-state index >= 15 is 0 Å². The molecular formula is C33H49ClN4O5S. The maximum atomic E-state index is 14.2. The molecule has 3 N–H and O–H groups in total. The topological polar surface area (TPSA) is 122 Å². The average Bonchev–Trinajstić information content (AvgIpc) is 3.13. The van der Waals surface area contributed by atoms with E-state index in [0.717, 1.165) is 30.4 Å². The maximum absolute atomic E-state index is 14.2. The van der Waals surface area contributed by atoms with Gasteiger partial charge in [-0.1, -0.05) is 74.2 Å². The van der Waals surface area contributed by atoms with Crippen LogP contribution < -0.4 is 11.1 Å². The molecule has 1 aromatic rings. The maximum Gasteiger partial charge on any atom is 0.247 e. The van der Waals surface area contributed by atoms with Crippen molar-refractivity contribution < 1.29 is 22.7 Å². The van der Waals surface area contributed by atoms with Crippen LogP contribution in [-0.2, 0) is 31.0 Å².